The second-order valence-corrected chi connectivity index (χ2v) is 12.9. The lowest BCUT2D eigenvalue weighted by molar-refractivity contribution is -0.135. The van der Waals surface area contributed by atoms with Gasteiger partial charge in [0.15, 0.2) is 6.10 Å². The molecule has 5 amide bonds. The van der Waals surface area contributed by atoms with E-state index in [1.54, 1.807) is 0 Å². The molecule has 2 fully saturated rings. The molecule has 2 bridgehead atoms. The molecule has 3 aromatic carbocycles. The molecule has 13 heteroatoms. The highest BCUT2D eigenvalue weighted by Crippen LogP contribution is 2.45. The first-order valence-corrected chi connectivity index (χ1v) is 16.8. The zero-order valence-electron chi connectivity index (χ0n) is 27.9. The number of ether oxygens (including phenoxy) is 2. The van der Waals surface area contributed by atoms with E-state index in [-0.39, 0.29) is 32.3 Å². The van der Waals surface area contributed by atoms with E-state index >= 15 is 0 Å². The number of hydrogen-bond acceptors (Lipinski definition) is 8. The van der Waals surface area contributed by atoms with Crippen LogP contribution in [0.4, 0.5) is 4.79 Å². The minimum atomic E-state index is -1.01. The number of benzene rings is 3. The first-order valence-electron chi connectivity index (χ1n) is 16.8. The van der Waals surface area contributed by atoms with E-state index in [1.165, 1.54) is 7.05 Å². The minimum absolute atomic E-state index is 0.0612. The van der Waals surface area contributed by atoms with Gasteiger partial charge in [0.25, 0.3) is 0 Å². The van der Waals surface area contributed by atoms with Gasteiger partial charge in [-0.15, -0.1) is 0 Å². The Hall–Kier alpha value is -5.27. The summed E-state index contributed by atoms with van der Waals surface area (Å²) in [6.07, 6.45) is 0.136. The molecule has 1 saturated heterocycles. The molecule has 1 aliphatic heterocycles. The SMILES string of the molecule is CN(CC(=O)NCC(=O)N[C@@H](Cc1ccccc1)C(=O)NCC(=O)NCOC1C2CNCC1C2)C(=O)OC1c2ccccc2-c2ccccc21. The van der Waals surface area contributed by atoms with Crippen LogP contribution in [0, 0.1) is 11.8 Å². The van der Waals surface area contributed by atoms with Crippen LogP contribution in [-0.2, 0) is 35.1 Å². The van der Waals surface area contributed by atoms with Gasteiger partial charge in [-0.25, -0.2) is 4.79 Å². The van der Waals surface area contributed by atoms with Crippen molar-refractivity contribution in [2.24, 2.45) is 11.8 Å². The zero-order valence-corrected chi connectivity index (χ0v) is 27.9. The van der Waals surface area contributed by atoms with Crippen LogP contribution in [0.1, 0.15) is 29.2 Å². The highest BCUT2D eigenvalue weighted by molar-refractivity contribution is 5.92. The molecular weight excluding hydrogens is 640 g/mol. The smallest absolute Gasteiger partial charge is 0.410 e. The summed E-state index contributed by atoms with van der Waals surface area (Å²) in [5.74, 6) is -1.24. The summed E-state index contributed by atoms with van der Waals surface area (Å²) in [6, 6.07) is 23.5. The number of fused-ring (bicyclic) bond motifs is 5. The quantitative estimate of drug-likeness (QED) is 0.160. The van der Waals surface area contributed by atoms with Gasteiger partial charge in [0, 0.05) is 37.7 Å². The fraction of sp³-hybridized carbons (Fsp3) is 0.378. The molecule has 0 spiro atoms. The number of nitrogens with zero attached hydrogens (tertiary/aromatic N) is 1. The molecule has 2 aliphatic carbocycles. The van der Waals surface area contributed by atoms with Gasteiger partial charge >= 0.3 is 6.09 Å². The maximum atomic E-state index is 13.1. The predicted octanol–water partition coefficient (Wildman–Crippen LogP) is 1.48. The van der Waals surface area contributed by atoms with Gasteiger partial charge in [-0.05, 0) is 34.9 Å². The van der Waals surface area contributed by atoms with E-state index in [4.69, 9.17) is 9.47 Å². The minimum Gasteiger partial charge on any atom is -0.436 e. The van der Waals surface area contributed by atoms with Crippen molar-refractivity contribution >= 4 is 29.7 Å². The van der Waals surface area contributed by atoms with Crippen molar-refractivity contribution in [1.82, 2.24) is 31.5 Å². The number of piperidine rings is 2. The summed E-state index contributed by atoms with van der Waals surface area (Å²) < 4.78 is 11.7. The molecule has 3 aliphatic rings. The fourth-order valence-corrected chi connectivity index (χ4v) is 6.79. The highest BCUT2D eigenvalue weighted by Gasteiger charge is 2.44. The van der Waals surface area contributed by atoms with Crippen LogP contribution in [0.3, 0.4) is 0 Å². The summed E-state index contributed by atoms with van der Waals surface area (Å²) in [4.78, 5) is 65.3. The van der Waals surface area contributed by atoms with Gasteiger partial charge in [0.05, 0.1) is 19.2 Å². The van der Waals surface area contributed by atoms with Gasteiger partial charge in [0.1, 0.15) is 19.3 Å². The molecule has 50 heavy (non-hydrogen) atoms. The lowest BCUT2D eigenvalue weighted by atomic mass is 9.69. The lowest BCUT2D eigenvalue weighted by Gasteiger charge is -2.49. The first-order chi connectivity index (χ1) is 24.3. The molecule has 6 rings (SSSR count). The topological polar surface area (TPSA) is 167 Å². The molecule has 5 N–H and O–H groups in total. The zero-order chi connectivity index (χ0) is 35.0. The third kappa shape index (κ3) is 8.29. The number of nitrogens with one attached hydrogen (secondary N) is 5. The van der Waals surface area contributed by atoms with Gasteiger partial charge in [-0.3, -0.25) is 19.2 Å². The normalized spacial score (nSPS) is 19.1. The summed E-state index contributed by atoms with van der Waals surface area (Å²) in [6.45, 7) is 0.821. The Bertz CT molecular complexity index is 1660. The van der Waals surface area contributed by atoms with E-state index in [1.807, 2.05) is 78.9 Å². The molecule has 0 aromatic heterocycles. The number of hydrogen-bond donors (Lipinski definition) is 5. The molecule has 0 radical (unpaired) electrons. The van der Waals surface area contributed by atoms with E-state index < -0.39 is 48.4 Å². The van der Waals surface area contributed by atoms with Crippen molar-refractivity contribution < 1.29 is 33.4 Å². The summed E-state index contributed by atoms with van der Waals surface area (Å²) in [7, 11) is 1.44. The van der Waals surface area contributed by atoms with E-state index in [9.17, 15) is 24.0 Å². The fourth-order valence-electron chi connectivity index (χ4n) is 6.79. The van der Waals surface area contributed by atoms with E-state index in [2.05, 4.69) is 26.6 Å². The summed E-state index contributed by atoms with van der Waals surface area (Å²) in [5, 5.41) is 13.7. The molecule has 1 saturated carbocycles. The molecular formula is C37H42N6O7. The number of amides is 5. The van der Waals surface area contributed by atoms with Gasteiger partial charge in [-0.1, -0.05) is 78.9 Å². The van der Waals surface area contributed by atoms with Crippen molar-refractivity contribution in [1.29, 1.82) is 0 Å². The van der Waals surface area contributed by atoms with Crippen LogP contribution in [-0.4, -0.2) is 93.3 Å². The third-order valence-electron chi connectivity index (χ3n) is 9.38. The second-order valence-electron chi connectivity index (χ2n) is 12.9. The lowest BCUT2D eigenvalue weighted by Crippen LogP contribution is -2.58. The Morgan fingerprint density at radius 2 is 1.40 bits per heavy atom. The average molecular weight is 683 g/mol. The van der Waals surface area contributed by atoms with Crippen molar-refractivity contribution in [3.8, 4) is 11.1 Å². The first kappa shape index (κ1) is 34.6. The Kier molecular flexibility index (Phi) is 11.0. The third-order valence-corrected chi connectivity index (χ3v) is 9.38. The summed E-state index contributed by atoms with van der Waals surface area (Å²) in [5.41, 5.74) is 4.50. The Morgan fingerprint density at radius 1 is 0.780 bits per heavy atom. The maximum absolute atomic E-state index is 13.1. The Balaban J connectivity index is 0.952. The summed E-state index contributed by atoms with van der Waals surface area (Å²) >= 11 is 0. The van der Waals surface area contributed by atoms with Crippen LogP contribution < -0.4 is 26.6 Å². The highest BCUT2D eigenvalue weighted by atomic mass is 16.6. The second kappa shape index (κ2) is 16.0. The van der Waals surface area contributed by atoms with Crippen molar-refractivity contribution in [3.63, 3.8) is 0 Å². The van der Waals surface area contributed by atoms with Gasteiger partial charge < -0.3 is 41.0 Å². The van der Waals surface area contributed by atoms with E-state index in [0.717, 1.165) is 52.2 Å². The van der Waals surface area contributed by atoms with Crippen LogP contribution in [0.2, 0.25) is 0 Å². The molecule has 1 heterocycles. The maximum Gasteiger partial charge on any atom is 0.410 e. The van der Waals surface area contributed by atoms with Gasteiger partial charge in [-0.2, -0.15) is 0 Å². The van der Waals surface area contributed by atoms with Crippen LogP contribution in [0.25, 0.3) is 11.1 Å². The van der Waals surface area contributed by atoms with Crippen LogP contribution >= 0.6 is 0 Å². The monoisotopic (exact) mass is 682 g/mol. The van der Waals surface area contributed by atoms with Crippen molar-refractivity contribution in [3.05, 3.63) is 95.6 Å². The molecule has 3 atom stereocenters. The standard InChI is InChI=1S/C37H42N6O7/c1-43(37(48)50-35-28-13-7-5-11-26(28)27-12-6-8-14-29(27)35)21-33(46)39-20-32(45)42-30(15-23-9-3-2-4-10-23)36(47)40-19-31(44)41-22-49-34-24-16-25(34)18-38-17-24/h2-14,24-25,30,34-35,38H,15-22H2,1H3,(H,39,46)(H,40,47)(H,41,44)(H,42,45)/t24?,25?,30-,34?/m0/s1. The van der Waals surface area contributed by atoms with Gasteiger partial charge in [0.2, 0.25) is 23.6 Å². The predicted molar refractivity (Wildman–Crippen MR) is 183 cm³/mol. The Labute approximate surface area is 290 Å². The molecule has 262 valence electrons. The average Bonchev–Trinajstić information content (AvgIpc) is 3.45. The van der Waals surface area contributed by atoms with E-state index in [0.29, 0.717) is 11.8 Å². The van der Waals surface area contributed by atoms with Crippen LogP contribution in [0.5, 0.6) is 0 Å². The largest absolute Gasteiger partial charge is 0.436 e. The molecule has 2 unspecified atom stereocenters. The number of carbonyl (C=O) groups is 5. The molecule has 13 nitrogen and oxygen atoms in total. The number of rotatable bonds is 14. The van der Waals surface area contributed by atoms with Crippen molar-refractivity contribution in [2.75, 3.05) is 46.5 Å². The van der Waals surface area contributed by atoms with Crippen LogP contribution in [0.15, 0.2) is 78.9 Å². The Morgan fingerprint density at radius 3 is 2.06 bits per heavy atom. The van der Waals surface area contributed by atoms with Crippen molar-refractivity contribution in [2.45, 2.75) is 31.1 Å². The number of likely N-dealkylation sites (N-methyl/N-ethyl adjacent to an activating group) is 1. The number of carbonyl (C=O) groups excluding carboxylic acids is 5. The molecule has 3 aromatic rings.